The molecule has 0 saturated carbocycles. The number of amides is 1. The number of β-amino-alcohol motifs (C(OH)–C–C–N with tert-alkyl or cyclic N) is 1. The third-order valence-corrected chi connectivity index (χ3v) is 9.86. The molecular weight excluding hydrogens is 649 g/mol. The Morgan fingerprint density at radius 3 is 2.50 bits per heavy atom. The predicted octanol–water partition coefficient (Wildman–Crippen LogP) is 0.626. The van der Waals surface area contributed by atoms with Crippen LogP contribution in [0.4, 0.5) is 10.3 Å². The van der Waals surface area contributed by atoms with Gasteiger partial charge in [0.25, 0.3) is 0 Å². The molecule has 2 aromatic rings. The predicted molar refractivity (Wildman–Crippen MR) is 174 cm³/mol. The maximum atomic E-state index is 15.0. The van der Waals surface area contributed by atoms with Gasteiger partial charge in [-0.1, -0.05) is 17.7 Å². The summed E-state index contributed by atoms with van der Waals surface area (Å²) in [5.41, 5.74) is -0.378. The lowest BCUT2D eigenvalue weighted by molar-refractivity contribution is -0.142. The lowest BCUT2D eigenvalue weighted by Gasteiger charge is -2.41. The van der Waals surface area contributed by atoms with E-state index in [1.54, 1.807) is 29.4 Å². The van der Waals surface area contributed by atoms with Crippen LogP contribution in [0.1, 0.15) is 37.7 Å². The number of carbonyl (C=O) groups excluding carboxylic acids is 1. The van der Waals surface area contributed by atoms with Crippen LogP contribution < -0.4 is 9.64 Å². The van der Waals surface area contributed by atoms with Gasteiger partial charge in [-0.2, -0.15) is 0 Å². The Kier molecular flexibility index (Phi) is 12.8. The number of rotatable bonds is 14. The summed E-state index contributed by atoms with van der Waals surface area (Å²) in [4.78, 5) is 27.5. The van der Waals surface area contributed by atoms with Crippen molar-refractivity contribution < 1.29 is 44.2 Å². The van der Waals surface area contributed by atoms with Crippen LogP contribution in [-0.4, -0.2) is 147 Å². The quantitative estimate of drug-likeness (QED) is 0.175. The Labute approximate surface area is 284 Å². The Hall–Kier alpha value is -2.69. The second-order valence-corrected chi connectivity index (χ2v) is 13.6. The van der Waals surface area contributed by atoms with Gasteiger partial charge in [-0.3, -0.25) is 9.69 Å². The molecule has 266 valence electrons. The van der Waals surface area contributed by atoms with E-state index in [2.05, 4.69) is 14.9 Å². The first kappa shape index (κ1) is 36.6. The van der Waals surface area contributed by atoms with E-state index >= 15 is 4.39 Å². The standard InChI is InChI=1S/C33H47ClFN5O8/c34-24-16-36-32(37-17-24)39-8-5-22(6-9-39)2-1-12-47-25-4-3-23(26(35)15-25)14-29(44)40-10-7-33(21-40)20-38(11-13-48-33)18-27(42)30(45)31(46)28(43)19-41/h3-4,15-17,22,27-28,30-31,41-43,45-46H,1-2,5-14,18-21H2/t27-,28+,30+,31+,33?/m0/s1. The summed E-state index contributed by atoms with van der Waals surface area (Å²) in [5, 5.41) is 49.7. The third-order valence-electron chi connectivity index (χ3n) is 9.66. The number of hydrogen-bond donors (Lipinski definition) is 5. The number of aromatic nitrogens is 2. The van der Waals surface area contributed by atoms with Crippen molar-refractivity contribution in [3.05, 3.63) is 47.0 Å². The van der Waals surface area contributed by atoms with Gasteiger partial charge in [0.15, 0.2) is 0 Å². The second kappa shape index (κ2) is 16.8. The third kappa shape index (κ3) is 9.51. The molecular formula is C33H47ClFN5O8. The summed E-state index contributed by atoms with van der Waals surface area (Å²) >= 11 is 5.89. The normalized spacial score (nSPS) is 23.3. The number of morpholine rings is 1. The van der Waals surface area contributed by atoms with E-state index in [0.717, 1.165) is 38.8 Å². The number of nitrogens with zero attached hydrogens (tertiary/aromatic N) is 5. The summed E-state index contributed by atoms with van der Waals surface area (Å²) in [6.07, 6.45) is 1.36. The number of carbonyl (C=O) groups is 1. The van der Waals surface area contributed by atoms with Crippen molar-refractivity contribution in [3.63, 3.8) is 0 Å². The van der Waals surface area contributed by atoms with Crippen molar-refractivity contribution in [2.45, 2.75) is 68.5 Å². The van der Waals surface area contributed by atoms with Gasteiger partial charge >= 0.3 is 0 Å². The number of halogens is 2. The molecule has 3 fully saturated rings. The molecule has 15 heteroatoms. The topological polar surface area (TPSA) is 172 Å². The SMILES string of the molecule is O=C(Cc1ccc(OCCCC2CCN(c3ncc(Cl)cn3)CC2)cc1F)N1CCC2(CN(C[C@H](O)[C@@H](O)[C@H](O)[C@H](O)CO)CCO2)C1. The molecule has 5 N–H and O–H groups in total. The van der Waals surface area contributed by atoms with E-state index in [1.807, 2.05) is 4.90 Å². The molecule has 13 nitrogen and oxygen atoms in total. The maximum absolute atomic E-state index is 15.0. The first-order valence-corrected chi connectivity index (χ1v) is 17.0. The zero-order valence-electron chi connectivity index (χ0n) is 27.0. The van der Waals surface area contributed by atoms with Crippen LogP contribution in [0.5, 0.6) is 5.75 Å². The molecule has 4 heterocycles. The minimum atomic E-state index is -1.70. The van der Waals surface area contributed by atoms with Crippen molar-refractivity contribution in [3.8, 4) is 5.75 Å². The average molecular weight is 696 g/mol. The average Bonchev–Trinajstić information content (AvgIpc) is 3.50. The molecule has 3 aliphatic rings. The van der Waals surface area contributed by atoms with Gasteiger partial charge < -0.3 is 44.8 Å². The zero-order valence-corrected chi connectivity index (χ0v) is 27.8. The van der Waals surface area contributed by atoms with Crippen molar-refractivity contribution in [2.75, 3.05) is 70.5 Å². The van der Waals surface area contributed by atoms with Gasteiger partial charge in [0, 0.05) is 45.3 Å². The minimum absolute atomic E-state index is 0.00927. The van der Waals surface area contributed by atoms with E-state index in [-0.39, 0.29) is 24.4 Å². The van der Waals surface area contributed by atoms with Crippen LogP contribution in [0.15, 0.2) is 30.6 Å². The van der Waals surface area contributed by atoms with E-state index in [4.69, 9.17) is 26.2 Å². The second-order valence-electron chi connectivity index (χ2n) is 13.2. The summed E-state index contributed by atoms with van der Waals surface area (Å²) in [7, 11) is 0. The van der Waals surface area contributed by atoms with Crippen LogP contribution in [0.25, 0.3) is 0 Å². The van der Waals surface area contributed by atoms with Gasteiger partial charge in [0.2, 0.25) is 11.9 Å². The van der Waals surface area contributed by atoms with E-state index in [9.17, 15) is 25.2 Å². The van der Waals surface area contributed by atoms with Crippen molar-refractivity contribution >= 4 is 23.5 Å². The fraction of sp³-hybridized carbons (Fsp3) is 0.667. The molecule has 3 aliphatic heterocycles. The van der Waals surface area contributed by atoms with E-state index < -0.39 is 42.4 Å². The molecule has 1 unspecified atom stereocenters. The lowest BCUT2D eigenvalue weighted by Crippen LogP contribution is -2.57. The maximum Gasteiger partial charge on any atom is 0.227 e. The first-order valence-electron chi connectivity index (χ1n) is 16.7. The Balaban J connectivity index is 1.02. The van der Waals surface area contributed by atoms with Gasteiger partial charge in [0.1, 0.15) is 35.5 Å². The number of likely N-dealkylation sites (tertiary alicyclic amines) is 1. The molecule has 1 amide bonds. The van der Waals surface area contributed by atoms with E-state index in [1.165, 1.54) is 6.07 Å². The van der Waals surface area contributed by atoms with Crippen LogP contribution in [-0.2, 0) is 16.0 Å². The Bertz CT molecular complexity index is 1340. The monoisotopic (exact) mass is 695 g/mol. The van der Waals surface area contributed by atoms with E-state index in [0.29, 0.717) is 68.5 Å². The molecule has 0 aliphatic carbocycles. The first-order chi connectivity index (χ1) is 23.1. The molecule has 3 saturated heterocycles. The molecule has 0 bridgehead atoms. The highest BCUT2D eigenvalue weighted by atomic mass is 35.5. The van der Waals surface area contributed by atoms with Crippen LogP contribution in [0.2, 0.25) is 5.02 Å². The molecule has 1 aromatic carbocycles. The Morgan fingerprint density at radius 2 is 1.79 bits per heavy atom. The number of aliphatic hydroxyl groups excluding tert-OH is 5. The summed E-state index contributed by atoms with van der Waals surface area (Å²) < 4.78 is 26.9. The highest BCUT2D eigenvalue weighted by Gasteiger charge is 2.45. The summed E-state index contributed by atoms with van der Waals surface area (Å²) in [6.45, 7) is 3.48. The Morgan fingerprint density at radius 1 is 1.06 bits per heavy atom. The molecule has 1 aromatic heterocycles. The van der Waals surface area contributed by atoms with Gasteiger partial charge in [-0.15, -0.1) is 0 Å². The number of piperidine rings is 1. The number of ether oxygens (including phenoxy) is 2. The summed E-state index contributed by atoms with van der Waals surface area (Å²) in [6, 6.07) is 4.62. The largest absolute Gasteiger partial charge is 0.493 e. The lowest BCUT2D eigenvalue weighted by atomic mass is 9.92. The number of anilines is 1. The van der Waals surface area contributed by atoms with Crippen molar-refractivity contribution in [1.29, 1.82) is 0 Å². The highest BCUT2D eigenvalue weighted by Crippen LogP contribution is 2.31. The van der Waals surface area contributed by atoms with Crippen LogP contribution in [0, 0.1) is 11.7 Å². The van der Waals surface area contributed by atoms with Crippen molar-refractivity contribution in [1.82, 2.24) is 19.8 Å². The fourth-order valence-corrected chi connectivity index (χ4v) is 6.91. The highest BCUT2D eigenvalue weighted by molar-refractivity contribution is 6.30. The smallest absolute Gasteiger partial charge is 0.227 e. The minimum Gasteiger partial charge on any atom is -0.493 e. The number of aliphatic hydroxyl groups is 5. The van der Waals surface area contributed by atoms with Gasteiger partial charge in [-0.05, 0) is 49.7 Å². The van der Waals surface area contributed by atoms with Crippen molar-refractivity contribution in [2.24, 2.45) is 5.92 Å². The van der Waals surface area contributed by atoms with Gasteiger partial charge in [0.05, 0.1) is 56.3 Å². The molecule has 5 atom stereocenters. The van der Waals surface area contributed by atoms with Crippen LogP contribution >= 0.6 is 11.6 Å². The molecule has 1 spiro atoms. The molecule has 48 heavy (non-hydrogen) atoms. The zero-order chi connectivity index (χ0) is 34.3. The fourth-order valence-electron chi connectivity index (χ4n) is 6.81. The number of benzene rings is 1. The summed E-state index contributed by atoms with van der Waals surface area (Å²) in [5.74, 6) is 1.01. The van der Waals surface area contributed by atoms with Gasteiger partial charge in [-0.25, -0.2) is 14.4 Å². The molecule has 5 rings (SSSR count). The molecule has 0 radical (unpaired) electrons. The van der Waals surface area contributed by atoms with Crippen LogP contribution in [0.3, 0.4) is 0 Å². The number of hydrogen-bond acceptors (Lipinski definition) is 12.